The molecule has 200 valence electrons. The van der Waals surface area contributed by atoms with Gasteiger partial charge in [-0.3, -0.25) is 19.2 Å². The molecule has 0 bridgehead atoms. The molecule has 38 heavy (non-hydrogen) atoms. The SMILES string of the molecule is O=C(O)c1ccc2c(c1)c(=O)n1n2CCN(c2ccc(N3CC(CNC(=O)C(F)F)OC3=O)cc2F)CC1. The van der Waals surface area contributed by atoms with Gasteiger partial charge >= 0.3 is 18.5 Å². The maximum absolute atomic E-state index is 15.2. The van der Waals surface area contributed by atoms with Crippen LogP contribution in [0.15, 0.2) is 41.2 Å². The van der Waals surface area contributed by atoms with E-state index in [1.165, 1.54) is 28.9 Å². The molecular formula is C24H22F3N5O6. The number of rotatable bonds is 6. The van der Waals surface area contributed by atoms with Crippen LogP contribution in [0.1, 0.15) is 10.4 Å². The lowest BCUT2D eigenvalue weighted by Crippen LogP contribution is -2.37. The predicted octanol–water partition coefficient (Wildman–Crippen LogP) is 1.87. The zero-order valence-electron chi connectivity index (χ0n) is 19.8. The highest BCUT2D eigenvalue weighted by atomic mass is 19.3. The second kappa shape index (κ2) is 9.76. The van der Waals surface area contributed by atoms with E-state index in [0.29, 0.717) is 30.5 Å². The number of nitrogens with one attached hydrogen (secondary N) is 1. The van der Waals surface area contributed by atoms with Gasteiger partial charge in [0.25, 0.3) is 11.5 Å². The van der Waals surface area contributed by atoms with Gasteiger partial charge in [-0.1, -0.05) is 0 Å². The van der Waals surface area contributed by atoms with Crippen molar-refractivity contribution in [2.75, 3.05) is 36.0 Å². The van der Waals surface area contributed by atoms with Crippen molar-refractivity contribution in [1.29, 1.82) is 0 Å². The third-order valence-corrected chi connectivity index (χ3v) is 6.60. The number of aromatic carboxylic acids is 1. The minimum atomic E-state index is -3.19. The summed E-state index contributed by atoms with van der Waals surface area (Å²) < 4.78 is 48.3. The van der Waals surface area contributed by atoms with Crippen molar-refractivity contribution in [3.05, 3.63) is 58.1 Å². The number of halogens is 3. The van der Waals surface area contributed by atoms with Crippen LogP contribution in [0.4, 0.5) is 29.3 Å². The van der Waals surface area contributed by atoms with E-state index < -0.39 is 36.3 Å². The van der Waals surface area contributed by atoms with Crippen molar-refractivity contribution < 1.29 is 37.4 Å². The molecule has 11 nitrogen and oxygen atoms in total. The Balaban J connectivity index is 1.30. The van der Waals surface area contributed by atoms with Crippen molar-refractivity contribution in [3.8, 4) is 0 Å². The molecule has 0 aliphatic carbocycles. The first-order valence-electron chi connectivity index (χ1n) is 11.7. The lowest BCUT2D eigenvalue weighted by atomic mass is 10.1. The summed E-state index contributed by atoms with van der Waals surface area (Å²) in [6.07, 6.45) is -4.84. The average Bonchev–Trinajstić information content (AvgIpc) is 3.28. The van der Waals surface area contributed by atoms with E-state index in [1.54, 1.807) is 15.6 Å². The van der Waals surface area contributed by atoms with E-state index >= 15 is 4.39 Å². The fourth-order valence-corrected chi connectivity index (χ4v) is 4.74. The number of ether oxygens (including phenoxy) is 1. The lowest BCUT2D eigenvalue weighted by Gasteiger charge is -2.24. The summed E-state index contributed by atoms with van der Waals surface area (Å²) in [7, 11) is 0. The average molecular weight is 533 g/mol. The molecule has 0 spiro atoms. The van der Waals surface area contributed by atoms with Crippen molar-refractivity contribution in [2.24, 2.45) is 0 Å². The number of carbonyl (C=O) groups excluding carboxylic acids is 2. The largest absolute Gasteiger partial charge is 0.478 e. The maximum Gasteiger partial charge on any atom is 0.414 e. The molecule has 3 heterocycles. The number of carboxylic acid groups (broad SMARTS) is 1. The van der Waals surface area contributed by atoms with Crippen molar-refractivity contribution in [3.63, 3.8) is 0 Å². The molecule has 2 N–H and O–H groups in total. The Labute approximate surface area is 212 Å². The smallest absolute Gasteiger partial charge is 0.414 e. The zero-order valence-corrected chi connectivity index (χ0v) is 19.8. The number of benzene rings is 2. The molecule has 2 aliphatic heterocycles. The van der Waals surface area contributed by atoms with E-state index in [-0.39, 0.29) is 42.1 Å². The fourth-order valence-electron chi connectivity index (χ4n) is 4.74. The van der Waals surface area contributed by atoms with Gasteiger partial charge in [-0.2, -0.15) is 8.78 Å². The molecule has 1 unspecified atom stereocenters. The molecule has 14 heteroatoms. The molecule has 1 saturated heterocycles. The van der Waals surface area contributed by atoms with Gasteiger partial charge in [0.2, 0.25) is 0 Å². The third kappa shape index (κ3) is 4.53. The molecule has 1 fully saturated rings. The molecule has 3 aromatic rings. The standard InChI is InChI=1S/C24H22F3N5O6/c25-17-10-14(30-12-15(38-24(30)37)11-28-21(33)20(26)27)2-4-19(17)29-5-7-31-18-3-1-13(23(35)36)9-16(18)22(34)32(31)8-6-29/h1-4,9-10,15,20H,5-8,11-12H2,(H,28,33)(H,35,36). The first-order chi connectivity index (χ1) is 18.1. The van der Waals surface area contributed by atoms with Crippen LogP contribution >= 0.6 is 0 Å². The number of carbonyl (C=O) groups is 3. The number of cyclic esters (lactones) is 1. The molecule has 5 rings (SSSR count). The number of carboxylic acids is 1. The molecule has 1 aromatic heterocycles. The number of hydrogen-bond donors (Lipinski definition) is 2. The van der Waals surface area contributed by atoms with Crippen molar-refractivity contribution >= 4 is 40.2 Å². The highest BCUT2D eigenvalue weighted by Gasteiger charge is 2.33. The summed E-state index contributed by atoms with van der Waals surface area (Å²) >= 11 is 0. The van der Waals surface area contributed by atoms with Gasteiger partial charge < -0.3 is 20.1 Å². The van der Waals surface area contributed by atoms with Gasteiger partial charge in [-0.05, 0) is 36.4 Å². The van der Waals surface area contributed by atoms with Gasteiger partial charge in [0.05, 0.1) is 54.0 Å². The minimum Gasteiger partial charge on any atom is -0.478 e. The Kier molecular flexibility index (Phi) is 6.46. The number of hydrogen-bond acceptors (Lipinski definition) is 6. The second-order valence-corrected chi connectivity index (χ2v) is 8.87. The van der Waals surface area contributed by atoms with Gasteiger partial charge in [0.15, 0.2) is 0 Å². The van der Waals surface area contributed by atoms with Gasteiger partial charge in [-0.15, -0.1) is 0 Å². The Bertz CT molecular complexity index is 1500. The molecular weight excluding hydrogens is 511 g/mol. The summed E-state index contributed by atoms with van der Waals surface area (Å²) in [5.74, 6) is -3.21. The van der Waals surface area contributed by atoms with Crippen LogP contribution in [-0.4, -0.2) is 71.1 Å². The summed E-state index contributed by atoms with van der Waals surface area (Å²) in [6.45, 7) is 0.887. The highest BCUT2D eigenvalue weighted by Crippen LogP contribution is 2.29. The number of nitrogens with zero attached hydrogens (tertiary/aromatic N) is 4. The lowest BCUT2D eigenvalue weighted by molar-refractivity contribution is -0.132. The summed E-state index contributed by atoms with van der Waals surface area (Å²) in [5.41, 5.74) is 0.748. The molecule has 2 amide bonds. The van der Waals surface area contributed by atoms with E-state index in [2.05, 4.69) is 0 Å². The Hall–Kier alpha value is -4.49. The normalized spacial score (nSPS) is 17.5. The molecule has 0 saturated carbocycles. The van der Waals surface area contributed by atoms with E-state index in [0.717, 1.165) is 11.0 Å². The summed E-state index contributed by atoms with van der Waals surface area (Å²) in [5, 5.41) is 11.5. The Morgan fingerprint density at radius 1 is 1.05 bits per heavy atom. The monoisotopic (exact) mass is 533 g/mol. The van der Waals surface area contributed by atoms with Crippen LogP contribution in [0, 0.1) is 5.82 Å². The summed E-state index contributed by atoms with van der Waals surface area (Å²) in [4.78, 5) is 50.4. The topological polar surface area (TPSA) is 126 Å². The van der Waals surface area contributed by atoms with Crippen LogP contribution < -0.4 is 20.7 Å². The van der Waals surface area contributed by atoms with E-state index in [1.807, 2.05) is 5.32 Å². The van der Waals surface area contributed by atoms with Gasteiger partial charge in [-0.25, -0.2) is 18.7 Å². The van der Waals surface area contributed by atoms with Crippen LogP contribution in [0.25, 0.3) is 10.9 Å². The third-order valence-electron chi connectivity index (χ3n) is 6.60. The highest BCUT2D eigenvalue weighted by molar-refractivity contribution is 5.93. The Morgan fingerprint density at radius 2 is 1.79 bits per heavy atom. The first kappa shape index (κ1) is 25.2. The first-order valence-corrected chi connectivity index (χ1v) is 11.7. The van der Waals surface area contributed by atoms with Crippen LogP contribution in [-0.2, 0) is 22.6 Å². The number of aromatic nitrogens is 2. The quantitative estimate of drug-likeness (QED) is 0.496. The van der Waals surface area contributed by atoms with Crippen LogP contribution in [0.2, 0.25) is 0 Å². The number of fused-ring (bicyclic) bond motifs is 3. The summed E-state index contributed by atoms with van der Waals surface area (Å²) in [6, 6.07) is 8.56. The van der Waals surface area contributed by atoms with Crippen LogP contribution in [0.5, 0.6) is 0 Å². The number of amides is 2. The van der Waals surface area contributed by atoms with E-state index in [9.17, 15) is 33.1 Å². The van der Waals surface area contributed by atoms with E-state index in [4.69, 9.17) is 4.74 Å². The zero-order chi connectivity index (χ0) is 27.1. The van der Waals surface area contributed by atoms with Crippen molar-refractivity contribution in [1.82, 2.24) is 14.7 Å². The molecule has 0 radical (unpaired) electrons. The van der Waals surface area contributed by atoms with Crippen molar-refractivity contribution in [2.45, 2.75) is 25.6 Å². The minimum absolute atomic E-state index is 0.0193. The van der Waals surface area contributed by atoms with Crippen LogP contribution in [0.3, 0.4) is 0 Å². The fraction of sp³-hybridized carbons (Fsp3) is 0.333. The number of anilines is 2. The maximum atomic E-state index is 15.2. The predicted molar refractivity (Wildman–Crippen MR) is 128 cm³/mol. The van der Waals surface area contributed by atoms with Gasteiger partial charge in [0.1, 0.15) is 11.9 Å². The number of alkyl halides is 2. The Morgan fingerprint density at radius 3 is 2.47 bits per heavy atom. The molecule has 2 aliphatic rings. The molecule has 2 aromatic carbocycles. The van der Waals surface area contributed by atoms with Gasteiger partial charge in [0, 0.05) is 13.1 Å². The molecule has 1 atom stereocenters. The second-order valence-electron chi connectivity index (χ2n) is 8.87.